The van der Waals surface area contributed by atoms with Crippen molar-refractivity contribution in [1.29, 1.82) is 0 Å². The van der Waals surface area contributed by atoms with Crippen LogP contribution in [0.2, 0.25) is 0 Å². The van der Waals surface area contributed by atoms with Crippen LogP contribution in [0.1, 0.15) is 34.1 Å². The molecule has 0 N–H and O–H groups in total. The molecule has 0 saturated carbocycles. The number of rotatable bonds is 10. The van der Waals surface area contributed by atoms with Gasteiger partial charge in [0.25, 0.3) is 0 Å². The summed E-state index contributed by atoms with van der Waals surface area (Å²) in [5.41, 5.74) is 4.73. The summed E-state index contributed by atoms with van der Waals surface area (Å²) >= 11 is 13.9. The average molecular weight is 475 g/mol. The number of alkyl halides is 2. The van der Waals surface area contributed by atoms with Gasteiger partial charge in [-0.2, -0.15) is 0 Å². The molecule has 4 aromatic rings. The topological polar surface area (TPSA) is 9.23 Å². The molecule has 33 heavy (non-hydrogen) atoms. The molecule has 3 heteroatoms. The van der Waals surface area contributed by atoms with E-state index in [1.165, 1.54) is 22.3 Å². The van der Waals surface area contributed by atoms with Crippen molar-refractivity contribution >= 4 is 23.2 Å². The molecule has 0 fully saturated rings. The van der Waals surface area contributed by atoms with Crippen LogP contribution in [-0.2, 0) is 4.74 Å². The van der Waals surface area contributed by atoms with E-state index in [-0.39, 0.29) is 22.6 Å². The minimum absolute atomic E-state index is 0.0434. The maximum Gasteiger partial charge on any atom is 0.0678 e. The van der Waals surface area contributed by atoms with E-state index < -0.39 is 0 Å². The Morgan fingerprint density at radius 2 is 0.667 bits per heavy atom. The standard InChI is InChI=1S/C30H28Cl2O/c31-27(29(23-13-5-1-6-14-23)24-15-7-2-8-16-24)21-33-22-28(32)30(25-17-9-3-10-18-25)26-19-11-4-12-20-26/h1-20,27-30H,21-22H2. The highest BCUT2D eigenvalue weighted by atomic mass is 35.5. The molecule has 0 heterocycles. The van der Waals surface area contributed by atoms with Gasteiger partial charge in [0.05, 0.1) is 24.0 Å². The third-order valence-corrected chi connectivity index (χ3v) is 6.67. The minimum Gasteiger partial charge on any atom is -0.378 e. The van der Waals surface area contributed by atoms with Crippen molar-refractivity contribution in [2.75, 3.05) is 13.2 Å². The predicted octanol–water partition coefficient (Wildman–Crippen LogP) is 7.88. The first-order valence-electron chi connectivity index (χ1n) is 11.3. The molecular formula is C30H28Cl2O. The Balaban J connectivity index is 1.46. The fourth-order valence-corrected chi connectivity index (χ4v) is 5.11. The quantitative estimate of drug-likeness (QED) is 0.212. The van der Waals surface area contributed by atoms with Crippen LogP contribution in [0.15, 0.2) is 121 Å². The normalized spacial score (nSPS) is 13.2. The van der Waals surface area contributed by atoms with Gasteiger partial charge in [-0.05, 0) is 22.3 Å². The number of hydrogen-bond donors (Lipinski definition) is 0. The number of hydrogen-bond acceptors (Lipinski definition) is 1. The SMILES string of the molecule is ClC(COCC(Cl)C(c1ccccc1)c1ccccc1)C(c1ccccc1)c1ccccc1. The van der Waals surface area contributed by atoms with Crippen LogP contribution in [0, 0.1) is 0 Å². The van der Waals surface area contributed by atoms with E-state index in [0.29, 0.717) is 13.2 Å². The van der Waals surface area contributed by atoms with Gasteiger partial charge in [-0.1, -0.05) is 121 Å². The molecule has 0 saturated heterocycles. The summed E-state index contributed by atoms with van der Waals surface area (Å²) in [6.07, 6.45) is 0. The fourth-order valence-electron chi connectivity index (χ4n) is 4.35. The molecule has 0 spiro atoms. The second kappa shape index (κ2) is 12.0. The molecule has 0 bridgehead atoms. The van der Waals surface area contributed by atoms with Gasteiger partial charge >= 0.3 is 0 Å². The zero-order valence-corrected chi connectivity index (χ0v) is 19.9. The molecule has 0 amide bonds. The average Bonchev–Trinajstić information content (AvgIpc) is 2.87. The molecule has 0 aliphatic heterocycles. The van der Waals surface area contributed by atoms with Crippen LogP contribution in [0.4, 0.5) is 0 Å². The van der Waals surface area contributed by atoms with E-state index in [0.717, 1.165) is 0 Å². The number of halogens is 2. The van der Waals surface area contributed by atoms with Gasteiger partial charge in [-0.3, -0.25) is 0 Å². The molecule has 0 aliphatic carbocycles. The molecule has 2 unspecified atom stereocenters. The maximum absolute atomic E-state index is 6.94. The van der Waals surface area contributed by atoms with Crippen LogP contribution in [0.3, 0.4) is 0 Å². The molecule has 4 aromatic carbocycles. The van der Waals surface area contributed by atoms with E-state index in [1.807, 2.05) is 24.3 Å². The Morgan fingerprint density at radius 1 is 0.424 bits per heavy atom. The van der Waals surface area contributed by atoms with Gasteiger partial charge in [0.2, 0.25) is 0 Å². The Morgan fingerprint density at radius 3 is 0.909 bits per heavy atom. The maximum atomic E-state index is 6.94. The molecule has 1 nitrogen and oxygen atoms in total. The van der Waals surface area contributed by atoms with Crippen molar-refractivity contribution in [2.45, 2.75) is 22.6 Å². The largest absolute Gasteiger partial charge is 0.378 e. The lowest BCUT2D eigenvalue weighted by molar-refractivity contribution is 0.128. The summed E-state index contributed by atoms with van der Waals surface area (Å²) in [5, 5.41) is -0.434. The van der Waals surface area contributed by atoms with Crippen LogP contribution in [0.25, 0.3) is 0 Å². The van der Waals surface area contributed by atoms with Gasteiger partial charge in [0.15, 0.2) is 0 Å². The van der Waals surface area contributed by atoms with Gasteiger partial charge < -0.3 is 4.74 Å². The molecule has 0 radical (unpaired) electrons. The summed E-state index contributed by atoms with van der Waals surface area (Å²) in [4.78, 5) is 0. The smallest absolute Gasteiger partial charge is 0.0678 e. The Labute approximate surface area is 207 Å². The highest BCUT2D eigenvalue weighted by Crippen LogP contribution is 2.33. The summed E-state index contributed by atoms with van der Waals surface area (Å²) in [6, 6.07) is 41.5. The second-order valence-corrected chi connectivity index (χ2v) is 9.29. The van der Waals surface area contributed by atoms with Crippen molar-refractivity contribution in [1.82, 2.24) is 0 Å². The van der Waals surface area contributed by atoms with E-state index >= 15 is 0 Å². The lowest BCUT2D eigenvalue weighted by Crippen LogP contribution is -2.25. The Bertz CT molecular complexity index is 903. The first-order chi connectivity index (χ1) is 16.2. The molecular weight excluding hydrogens is 447 g/mol. The van der Waals surface area contributed by atoms with Crippen molar-refractivity contribution in [3.05, 3.63) is 144 Å². The summed E-state index contributed by atoms with van der Waals surface area (Å²) < 4.78 is 6.14. The van der Waals surface area contributed by atoms with Gasteiger partial charge in [-0.15, -0.1) is 23.2 Å². The minimum atomic E-state index is -0.217. The highest BCUT2D eigenvalue weighted by molar-refractivity contribution is 6.22. The van der Waals surface area contributed by atoms with Crippen molar-refractivity contribution in [2.24, 2.45) is 0 Å². The summed E-state index contributed by atoms with van der Waals surface area (Å²) in [7, 11) is 0. The van der Waals surface area contributed by atoms with Gasteiger partial charge in [-0.25, -0.2) is 0 Å². The zero-order chi connectivity index (χ0) is 22.9. The molecule has 4 rings (SSSR count). The van der Waals surface area contributed by atoms with Gasteiger partial charge in [0.1, 0.15) is 0 Å². The lowest BCUT2D eigenvalue weighted by Gasteiger charge is -2.26. The first-order valence-corrected chi connectivity index (χ1v) is 12.2. The van der Waals surface area contributed by atoms with Crippen LogP contribution in [0.5, 0.6) is 0 Å². The van der Waals surface area contributed by atoms with E-state index in [4.69, 9.17) is 27.9 Å². The summed E-state index contributed by atoms with van der Waals surface area (Å²) in [5.74, 6) is 0.0868. The molecule has 0 aliphatic rings. The predicted molar refractivity (Wildman–Crippen MR) is 140 cm³/mol. The zero-order valence-electron chi connectivity index (χ0n) is 18.4. The monoisotopic (exact) mass is 474 g/mol. The first kappa shape index (κ1) is 23.6. The van der Waals surface area contributed by atoms with Crippen molar-refractivity contribution in [3.63, 3.8) is 0 Å². The van der Waals surface area contributed by atoms with E-state index in [9.17, 15) is 0 Å². The highest BCUT2D eigenvalue weighted by Gasteiger charge is 2.26. The summed E-state index contributed by atoms with van der Waals surface area (Å²) in [6.45, 7) is 0.824. The number of ether oxygens (including phenoxy) is 1. The Hall–Kier alpha value is -2.58. The molecule has 0 aromatic heterocycles. The van der Waals surface area contributed by atoms with Crippen molar-refractivity contribution < 1.29 is 4.74 Å². The fraction of sp³-hybridized carbons (Fsp3) is 0.200. The molecule has 2 atom stereocenters. The second-order valence-electron chi connectivity index (χ2n) is 8.17. The van der Waals surface area contributed by atoms with Crippen LogP contribution < -0.4 is 0 Å². The number of benzene rings is 4. The third-order valence-electron chi connectivity index (χ3n) is 5.91. The lowest BCUT2D eigenvalue weighted by atomic mass is 9.88. The third kappa shape index (κ3) is 6.26. The van der Waals surface area contributed by atoms with Crippen LogP contribution >= 0.6 is 23.2 Å². The Kier molecular flexibility index (Phi) is 8.60. The van der Waals surface area contributed by atoms with Gasteiger partial charge in [0, 0.05) is 11.8 Å². The van der Waals surface area contributed by atoms with E-state index in [1.54, 1.807) is 0 Å². The van der Waals surface area contributed by atoms with Crippen molar-refractivity contribution in [3.8, 4) is 0 Å². The molecule has 168 valence electrons. The van der Waals surface area contributed by atoms with Crippen LogP contribution in [-0.4, -0.2) is 24.0 Å². The van der Waals surface area contributed by atoms with E-state index in [2.05, 4.69) is 97.1 Å².